The first-order valence-corrected chi connectivity index (χ1v) is 4.93. The number of alkyl halides is 1. The van der Waals surface area contributed by atoms with E-state index in [0.29, 0.717) is 6.42 Å². The second-order valence-corrected chi connectivity index (χ2v) is 4.10. The molecule has 0 spiro atoms. The molecule has 0 fully saturated rings. The van der Waals surface area contributed by atoms with Crippen LogP contribution in [0.2, 0.25) is 0 Å². The summed E-state index contributed by atoms with van der Waals surface area (Å²) in [6, 6.07) is 7.87. The largest absolute Gasteiger partial charge is 0.480 e. The molecule has 13 heavy (non-hydrogen) atoms. The zero-order valence-corrected chi connectivity index (χ0v) is 8.91. The van der Waals surface area contributed by atoms with Crippen LogP contribution in [-0.2, 0) is 11.2 Å². The van der Waals surface area contributed by atoms with Crippen molar-refractivity contribution >= 4 is 21.9 Å². The van der Waals surface area contributed by atoms with E-state index in [9.17, 15) is 4.79 Å². The number of carbonyl (C=O) groups is 1. The van der Waals surface area contributed by atoms with Gasteiger partial charge in [0.15, 0.2) is 0 Å². The molecule has 2 nitrogen and oxygen atoms in total. The fourth-order valence-corrected chi connectivity index (χ4v) is 1.39. The van der Waals surface area contributed by atoms with Gasteiger partial charge in [-0.2, -0.15) is 0 Å². The van der Waals surface area contributed by atoms with Gasteiger partial charge in [0, 0.05) is 0 Å². The molecule has 1 atom stereocenters. The van der Waals surface area contributed by atoms with Gasteiger partial charge in [0.2, 0.25) is 0 Å². The summed E-state index contributed by atoms with van der Waals surface area (Å²) in [5.74, 6) is -0.819. The average molecular weight is 243 g/mol. The highest BCUT2D eigenvalue weighted by molar-refractivity contribution is 9.10. The molecule has 0 heterocycles. The summed E-state index contributed by atoms with van der Waals surface area (Å²) < 4.78 is 0. The fraction of sp³-hybridized carbons (Fsp3) is 0.300. The molecule has 3 heteroatoms. The molecule has 0 amide bonds. The molecule has 0 aliphatic rings. The van der Waals surface area contributed by atoms with E-state index >= 15 is 0 Å². The van der Waals surface area contributed by atoms with Crippen molar-refractivity contribution in [1.82, 2.24) is 0 Å². The van der Waals surface area contributed by atoms with E-state index < -0.39 is 10.8 Å². The molecule has 0 aliphatic heterocycles. The Labute approximate surface area is 85.7 Å². The third kappa shape index (κ3) is 3.19. The first-order chi connectivity index (χ1) is 6.09. The molecule has 1 aromatic carbocycles. The Morgan fingerprint density at radius 2 is 2.00 bits per heavy atom. The Morgan fingerprint density at radius 1 is 1.46 bits per heavy atom. The lowest BCUT2D eigenvalue weighted by molar-refractivity contribution is -0.136. The van der Waals surface area contributed by atoms with E-state index in [-0.39, 0.29) is 0 Å². The van der Waals surface area contributed by atoms with Crippen molar-refractivity contribution in [2.75, 3.05) is 0 Å². The van der Waals surface area contributed by atoms with Crippen LogP contribution in [0.1, 0.15) is 11.1 Å². The molecule has 0 aliphatic carbocycles. The first kappa shape index (κ1) is 10.3. The van der Waals surface area contributed by atoms with Crippen molar-refractivity contribution in [3.8, 4) is 0 Å². The van der Waals surface area contributed by atoms with E-state index in [4.69, 9.17) is 5.11 Å². The number of halogens is 1. The molecule has 1 rings (SSSR count). The van der Waals surface area contributed by atoms with Crippen LogP contribution in [-0.4, -0.2) is 15.9 Å². The van der Waals surface area contributed by atoms with Crippen molar-refractivity contribution in [3.63, 3.8) is 0 Å². The maximum absolute atomic E-state index is 10.5. The Hall–Kier alpha value is -0.830. The summed E-state index contributed by atoms with van der Waals surface area (Å²) in [4.78, 5) is 10.0. The zero-order valence-electron chi connectivity index (χ0n) is 7.33. The van der Waals surface area contributed by atoms with E-state index in [1.807, 2.05) is 31.2 Å². The van der Waals surface area contributed by atoms with Crippen LogP contribution >= 0.6 is 15.9 Å². The Kier molecular flexibility index (Phi) is 3.48. The molecular formula is C10H11BrO2. The third-order valence-corrected chi connectivity index (χ3v) is 2.52. The minimum Gasteiger partial charge on any atom is -0.480 e. The van der Waals surface area contributed by atoms with Crippen LogP contribution in [0.25, 0.3) is 0 Å². The molecule has 0 bridgehead atoms. The van der Waals surface area contributed by atoms with Crippen molar-refractivity contribution in [2.45, 2.75) is 18.2 Å². The summed E-state index contributed by atoms with van der Waals surface area (Å²) in [6.07, 6.45) is 0.523. The van der Waals surface area contributed by atoms with Crippen LogP contribution in [0.15, 0.2) is 24.3 Å². The van der Waals surface area contributed by atoms with Gasteiger partial charge >= 0.3 is 5.97 Å². The monoisotopic (exact) mass is 242 g/mol. The highest BCUT2D eigenvalue weighted by atomic mass is 79.9. The second-order valence-electron chi connectivity index (χ2n) is 3.00. The summed E-state index contributed by atoms with van der Waals surface area (Å²) in [6.45, 7) is 2.01. The lowest BCUT2D eigenvalue weighted by atomic mass is 10.1. The number of carboxylic acid groups (broad SMARTS) is 1. The number of rotatable bonds is 3. The minimum atomic E-state index is -0.819. The molecular weight excluding hydrogens is 232 g/mol. The molecule has 0 unspecified atom stereocenters. The molecule has 0 radical (unpaired) electrons. The molecule has 0 saturated carbocycles. The SMILES string of the molecule is Cc1ccc(C[C@@H](Br)C(=O)O)cc1. The van der Waals surface area contributed by atoms with Crippen molar-refractivity contribution in [1.29, 1.82) is 0 Å². The second kappa shape index (κ2) is 4.42. The summed E-state index contributed by atoms with van der Waals surface area (Å²) in [5, 5.41) is 8.65. The van der Waals surface area contributed by atoms with E-state index in [1.165, 1.54) is 5.56 Å². The van der Waals surface area contributed by atoms with Crippen LogP contribution in [0, 0.1) is 6.92 Å². The van der Waals surface area contributed by atoms with Gasteiger partial charge in [-0.1, -0.05) is 45.8 Å². The maximum Gasteiger partial charge on any atom is 0.317 e. The van der Waals surface area contributed by atoms with E-state index in [0.717, 1.165) is 5.56 Å². The lowest BCUT2D eigenvalue weighted by Gasteiger charge is -2.04. The molecule has 1 N–H and O–H groups in total. The highest BCUT2D eigenvalue weighted by Gasteiger charge is 2.12. The zero-order chi connectivity index (χ0) is 9.84. The topological polar surface area (TPSA) is 37.3 Å². The van der Waals surface area contributed by atoms with Crippen molar-refractivity contribution < 1.29 is 9.90 Å². The maximum atomic E-state index is 10.5. The van der Waals surface area contributed by atoms with Crippen LogP contribution in [0.3, 0.4) is 0 Å². The first-order valence-electron chi connectivity index (χ1n) is 4.02. The summed E-state index contributed by atoms with van der Waals surface area (Å²) in [5.41, 5.74) is 2.22. The predicted molar refractivity (Wildman–Crippen MR) is 55.2 cm³/mol. The summed E-state index contributed by atoms with van der Waals surface area (Å²) >= 11 is 3.10. The summed E-state index contributed by atoms with van der Waals surface area (Å²) in [7, 11) is 0. The Balaban J connectivity index is 2.64. The smallest absolute Gasteiger partial charge is 0.317 e. The normalized spacial score (nSPS) is 12.5. The number of hydrogen-bond donors (Lipinski definition) is 1. The van der Waals surface area contributed by atoms with Gasteiger partial charge in [-0.15, -0.1) is 0 Å². The van der Waals surface area contributed by atoms with Gasteiger partial charge < -0.3 is 5.11 Å². The van der Waals surface area contributed by atoms with Crippen molar-refractivity contribution in [3.05, 3.63) is 35.4 Å². The van der Waals surface area contributed by atoms with Gasteiger partial charge in [-0.05, 0) is 18.9 Å². The van der Waals surface area contributed by atoms with Gasteiger partial charge in [-0.3, -0.25) is 4.79 Å². The number of aliphatic carboxylic acids is 1. The molecule has 0 saturated heterocycles. The number of benzene rings is 1. The average Bonchev–Trinajstić information content (AvgIpc) is 2.08. The molecule has 0 aromatic heterocycles. The quantitative estimate of drug-likeness (QED) is 0.827. The van der Waals surface area contributed by atoms with Gasteiger partial charge in [0.25, 0.3) is 0 Å². The van der Waals surface area contributed by atoms with Crippen LogP contribution in [0.4, 0.5) is 0 Å². The molecule has 70 valence electrons. The third-order valence-electron chi connectivity index (χ3n) is 1.80. The van der Waals surface area contributed by atoms with Crippen molar-refractivity contribution in [2.24, 2.45) is 0 Å². The highest BCUT2D eigenvalue weighted by Crippen LogP contribution is 2.11. The van der Waals surface area contributed by atoms with E-state index in [1.54, 1.807) is 0 Å². The number of hydrogen-bond acceptors (Lipinski definition) is 1. The van der Waals surface area contributed by atoms with Gasteiger partial charge in [-0.25, -0.2) is 0 Å². The van der Waals surface area contributed by atoms with Gasteiger partial charge in [0.1, 0.15) is 4.83 Å². The van der Waals surface area contributed by atoms with Gasteiger partial charge in [0.05, 0.1) is 0 Å². The lowest BCUT2D eigenvalue weighted by Crippen LogP contribution is -2.15. The van der Waals surface area contributed by atoms with E-state index in [2.05, 4.69) is 15.9 Å². The number of carboxylic acids is 1. The Morgan fingerprint density at radius 3 is 2.46 bits per heavy atom. The predicted octanol–water partition coefficient (Wildman–Crippen LogP) is 2.39. The Bertz CT molecular complexity index is 292. The van der Waals surface area contributed by atoms with Crippen LogP contribution in [0.5, 0.6) is 0 Å². The van der Waals surface area contributed by atoms with Crippen LogP contribution < -0.4 is 0 Å². The standard InChI is InChI=1S/C10H11BrO2/c1-7-2-4-8(5-3-7)6-9(11)10(12)13/h2-5,9H,6H2,1H3,(H,12,13)/t9-/m1/s1. The molecule has 1 aromatic rings. The minimum absolute atomic E-state index is 0.491. The number of aryl methyl sites for hydroxylation is 1. The fourth-order valence-electron chi connectivity index (χ4n) is 1.02.